The third-order valence-electron chi connectivity index (χ3n) is 7.70. The summed E-state index contributed by atoms with van der Waals surface area (Å²) in [6.07, 6.45) is 4.53. The second-order valence-corrected chi connectivity index (χ2v) is 11.3. The van der Waals surface area contributed by atoms with E-state index >= 15 is 0 Å². The lowest BCUT2D eigenvalue weighted by Crippen LogP contribution is -2.47. The summed E-state index contributed by atoms with van der Waals surface area (Å²) in [4.78, 5) is 47.9. The number of amides is 3. The minimum atomic E-state index is -0.312. The number of hydrogen-bond donors (Lipinski definition) is 1. The summed E-state index contributed by atoms with van der Waals surface area (Å²) in [6.45, 7) is 1.70. The van der Waals surface area contributed by atoms with Crippen molar-refractivity contribution < 1.29 is 19.1 Å². The Morgan fingerprint density at radius 2 is 1.93 bits per heavy atom. The highest BCUT2D eigenvalue weighted by Crippen LogP contribution is 2.33. The number of thiophene rings is 1. The molecule has 2 atom stereocenters. The minimum Gasteiger partial charge on any atom is -0.494 e. The van der Waals surface area contributed by atoms with Gasteiger partial charge >= 0.3 is 0 Å². The largest absolute Gasteiger partial charge is 0.494 e. The van der Waals surface area contributed by atoms with Crippen LogP contribution in [0.1, 0.15) is 45.2 Å². The van der Waals surface area contributed by atoms with E-state index in [1.165, 1.54) is 6.20 Å². The zero-order chi connectivity index (χ0) is 27.6. The van der Waals surface area contributed by atoms with Crippen molar-refractivity contribution in [3.8, 4) is 5.75 Å². The summed E-state index contributed by atoms with van der Waals surface area (Å²) < 4.78 is 8.77. The molecule has 1 N–H and O–H groups in total. The van der Waals surface area contributed by atoms with Gasteiger partial charge in [-0.2, -0.15) is 0 Å². The molecule has 4 aromatic rings. The van der Waals surface area contributed by atoms with E-state index in [-0.39, 0.29) is 36.2 Å². The molecule has 0 aliphatic carbocycles. The van der Waals surface area contributed by atoms with E-state index in [1.807, 2.05) is 58.8 Å². The first-order valence-electron chi connectivity index (χ1n) is 13.5. The molecular weight excluding hydrogens is 526 g/mol. The highest BCUT2D eigenvalue weighted by atomic mass is 32.1. The number of nitrogens with zero attached hydrogens (tertiary/aromatic N) is 4. The Kier molecular flexibility index (Phi) is 7.25. The maximum atomic E-state index is 13.7. The Morgan fingerprint density at radius 3 is 2.77 bits per heavy atom. The van der Waals surface area contributed by atoms with Gasteiger partial charge in [-0.25, -0.2) is 4.98 Å². The predicted molar refractivity (Wildman–Crippen MR) is 153 cm³/mol. The van der Waals surface area contributed by atoms with Gasteiger partial charge in [0.15, 0.2) is 0 Å². The molecule has 2 bridgehead atoms. The third-order valence-corrected chi connectivity index (χ3v) is 8.66. The molecule has 6 rings (SSSR count). The number of likely N-dealkylation sites (tertiary alicyclic amines) is 1. The molecule has 10 heteroatoms. The number of carbonyl (C=O) groups excluding carboxylic acids is 3. The maximum Gasteiger partial charge on any atom is 0.272 e. The normalized spacial score (nSPS) is 20.0. The van der Waals surface area contributed by atoms with Crippen LogP contribution in [0.25, 0.3) is 10.1 Å². The molecule has 9 nitrogen and oxygen atoms in total. The summed E-state index contributed by atoms with van der Waals surface area (Å²) in [5.41, 5.74) is 2.12. The number of nitrogens with one attached hydrogen (secondary N) is 1. The quantitative estimate of drug-likeness (QED) is 0.406. The van der Waals surface area contributed by atoms with Gasteiger partial charge < -0.3 is 24.4 Å². The molecule has 0 spiro atoms. The van der Waals surface area contributed by atoms with Crippen LogP contribution in [0.5, 0.6) is 5.75 Å². The first-order chi connectivity index (χ1) is 19.5. The summed E-state index contributed by atoms with van der Waals surface area (Å²) in [6, 6.07) is 15.5. The Labute approximate surface area is 236 Å². The highest BCUT2D eigenvalue weighted by Gasteiger charge is 2.38. The second-order valence-electron chi connectivity index (χ2n) is 10.4. The molecule has 0 unspecified atom stereocenters. The molecule has 206 valence electrons. The lowest BCUT2D eigenvalue weighted by molar-refractivity contribution is -0.122. The first kappa shape index (κ1) is 26.1. The number of imidazole rings is 1. The molecule has 2 aromatic carbocycles. The van der Waals surface area contributed by atoms with Crippen LogP contribution in [0.2, 0.25) is 0 Å². The van der Waals surface area contributed by atoms with E-state index in [2.05, 4.69) is 10.3 Å². The van der Waals surface area contributed by atoms with Crippen LogP contribution in [-0.2, 0) is 11.8 Å². The number of aromatic nitrogens is 2. The summed E-state index contributed by atoms with van der Waals surface area (Å²) in [5, 5.41) is 6.03. The van der Waals surface area contributed by atoms with Gasteiger partial charge in [0.25, 0.3) is 11.8 Å². The number of fused-ring (bicyclic) bond motifs is 5. The number of rotatable bonds is 2. The van der Waals surface area contributed by atoms with Gasteiger partial charge in [0.2, 0.25) is 5.91 Å². The van der Waals surface area contributed by atoms with Gasteiger partial charge in [-0.15, -0.1) is 11.3 Å². The van der Waals surface area contributed by atoms with Crippen molar-refractivity contribution >= 4 is 39.1 Å². The molecule has 0 radical (unpaired) electrons. The van der Waals surface area contributed by atoms with Crippen molar-refractivity contribution in [1.29, 1.82) is 0 Å². The van der Waals surface area contributed by atoms with Crippen LogP contribution in [0.3, 0.4) is 0 Å². The fourth-order valence-corrected chi connectivity index (χ4v) is 6.54. The third kappa shape index (κ3) is 5.19. The Hall–Kier alpha value is -4.18. The minimum absolute atomic E-state index is 0.0440. The van der Waals surface area contributed by atoms with Gasteiger partial charge in [-0.1, -0.05) is 30.3 Å². The van der Waals surface area contributed by atoms with E-state index in [0.29, 0.717) is 43.9 Å². The van der Waals surface area contributed by atoms with Gasteiger partial charge in [0.05, 0.1) is 37.3 Å². The number of ether oxygens (including phenoxy) is 1. The van der Waals surface area contributed by atoms with E-state index in [1.54, 1.807) is 34.2 Å². The molecule has 0 saturated carbocycles. The molecule has 3 amide bonds. The second kappa shape index (κ2) is 11.1. The fraction of sp³-hybridized carbons (Fsp3) is 0.333. The molecule has 40 heavy (non-hydrogen) atoms. The summed E-state index contributed by atoms with van der Waals surface area (Å²) in [7, 11) is 1.76. The molecule has 1 fully saturated rings. The van der Waals surface area contributed by atoms with Gasteiger partial charge in [-0.05, 0) is 36.6 Å². The molecule has 2 aliphatic rings. The molecule has 2 aromatic heterocycles. The van der Waals surface area contributed by atoms with Crippen LogP contribution in [0.4, 0.5) is 0 Å². The number of hydrogen-bond acceptors (Lipinski definition) is 6. The Morgan fingerprint density at radius 1 is 1.05 bits per heavy atom. The van der Waals surface area contributed by atoms with Crippen molar-refractivity contribution in [2.75, 3.05) is 32.8 Å². The zero-order valence-electron chi connectivity index (χ0n) is 22.3. The molecule has 2 aliphatic heterocycles. The highest BCUT2D eigenvalue weighted by molar-refractivity contribution is 7.17. The van der Waals surface area contributed by atoms with E-state index in [9.17, 15) is 14.4 Å². The van der Waals surface area contributed by atoms with Crippen molar-refractivity contribution in [3.05, 3.63) is 83.3 Å². The van der Waals surface area contributed by atoms with Crippen molar-refractivity contribution in [1.82, 2.24) is 24.7 Å². The van der Waals surface area contributed by atoms with Crippen molar-refractivity contribution in [3.63, 3.8) is 0 Å². The lowest BCUT2D eigenvalue weighted by Gasteiger charge is -2.25. The van der Waals surface area contributed by atoms with Crippen LogP contribution in [0.15, 0.2) is 66.4 Å². The first-order valence-corrected chi connectivity index (χ1v) is 14.4. The zero-order valence-corrected chi connectivity index (χ0v) is 23.1. The molecule has 4 heterocycles. The summed E-state index contributed by atoms with van der Waals surface area (Å²) >= 11 is 1.56. The molecular formula is C30H31N5O4S. The maximum absolute atomic E-state index is 13.7. The number of carbonyl (C=O) groups is 3. The average Bonchev–Trinajstić information content (AvgIpc) is 3.69. The van der Waals surface area contributed by atoms with E-state index in [0.717, 1.165) is 27.8 Å². The molecule has 1 saturated heterocycles. The fourth-order valence-electron chi connectivity index (χ4n) is 5.60. The van der Waals surface area contributed by atoms with Gasteiger partial charge in [0.1, 0.15) is 11.4 Å². The SMILES string of the molecule is Cn1cncc1C(=O)N1CCCCOc2cccc(c2)[C@H]2CN(C(=O)c3csc4ccccc34)C[C@@H]2NC(=O)C1. The Balaban J connectivity index is 1.28. The predicted octanol–water partition coefficient (Wildman–Crippen LogP) is 3.67. The van der Waals surface area contributed by atoms with Gasteiger partial charge in [0, 0.05) is 48.1 Å². The van der Waals surface area contributed by atoms with Crippen LogP contribution >= 0.6 is 11.3 Å². The van der Waals surface area contributed by atoms with Crippen LogP contribution in [0, 0.1) is 0 Å². The van der Waals surface area contributed by atoms with Crippen LogP contribution in [-0.4, -0.2) is 75.9 Å². The van der Waals surface area contributed by atoms with Gasteiger partial charge in [-0.3, -0.25) is 14.4 Å². The smallest absolute Gasteiger partial charge is 0.272 e. The average molecular weight is 558 g/mol. The topological polar surface area (TPSA) is 96.8 Å². The standard InChI is InChI=1S/C30H31N5O4S/c1-33-19-31-14-26(33)30(38)34-11-4-5-12-39-21-8-6-7-20(13-21)23-15-35(16-25(23)32-28(36)17-34)29(37)24-18-40-27-10-3-2-9-22(24)27/h2-3,6-10,13-14,18-19,23,25H,4-5,11-12,15-17H2,1H3,(H,32,36)/t23-,25+/m1/s1. The van der Waals surface area contributed by atoms with E-state index in [4.69, 9.17) is 4.74 Å². The lowest BCUT2D eigenvalue weighted by atomic mass is 9.94. The Bertz CT molecular complexity index is 1560. The van der Waals surface area contributed by atoms with E-state index < -0.39 is 0 Å². The summed E-state index contributed by atoms with van der Waals surface area (Å²) in [5.74, 6) is 0.113. The van der Waals surface area contributed by atoms with Crippen molar-refractivity contribution in [2.24, 2.45) is 7.05 Å². The van der Waals surface area contributed by atoms with Crippen LogP contribution < -0.4 is 10.1 Å². The number of aryl methyl sites for hydroxylation is 1. The number of benzene rings is 2. The monoisotopic (exact) mass is 557 g/mol. The van der Waals surface area contributed by atoms with Crippen molar-refractivity contribution in [2.45, 2.75) is 24.8 Å².